The second-order valence-electron chi connectivity index (χ2n) is 25.5. The second-order valence-corrected chi connectivity index (χ2v) is 29.8. The van der Waals surface area contributed by atoms with E-state index in [0.29, 0.717) is 0 Å². The van der Waals surface area contributed by atoms with E-state index in [9.17, 15) is 0 Å². The summed E-state index contributed by atoms with van der Waals surface area (Å²) in [5.41, 5.74) is 17.2. The molecule has 0 amide bonds. The van der Waals surface area contributed by atoms with E-state index in [-0.39, 0.29) is 28.5 Å². The third kappa shape index (κ3) is 19.9. The summed E-state index contributed by atoms with van der Waals surface area (Å²) in [5, 5.41) is 13.2. The zero-order chi connectivity index (χ0) is 74.5. The van der Waals surface area contributed by atoms with Crippen LogP contribution in [0.4, 0.5) is 62.6 Å². The van der Waals surface area contributed by atoms with Crippen molar-refractivity contribution in [2.45, 2.75) is 7.43 Å². The molecule has 0 bridgehead atoms. The SMILES string of the molecule is Brc1c2ccccc2c(Br)c2ccccc12.Brc1cccc(Br)c1.Brc1cccc(N(c2ccccc2)c2ccccc2)c1.C.[W].c1ccc(N(c2ccccc2)c2cccc(-c3c4ccccc4c(-c4cccc(N(c5ccccc5)c5ccccc5)c4)c4ccccc34)c2)cc1.c1ccc(Nc2ccccc2)cc1. The smallest absolute Gasteiger partial charge is 0.0472 e. The van der Waals surface area contributed by atoms with Crippen molar-refractivity contribution in [1.82, 2.24) is 0 Å². The number of anilines is 11. The van der Waals surface area contributed by atoms with Crippen molar-refractivity contribution in [2.75, 3.05) is 20.0 Å². The van der Waals surface area contributed by atoms with Crippen LogP contribution in [0.1, 0.15) is 7.43 Å². The van der Waals surface area contributed by atoms with Crippen LogP contribution >= 0.6 is 79.6 Å². The van der Waals surface area contributed by atoms with E-state index < -0.39 is 0 Å². The van der Waals surface area contributed by atoms with Gasteiger partial charge in [-0.1, -0.05) is 334 Å². The van der Waals surface area contributed by atoms with Gasteiger partial charge >= 0.3 is 0 Å². The van der Waals surface area contributed by atoms with Gasteiger partial charge in [-0.25, -0.2) is 0 Å². The molecule has 0 spiro atoms. The van der Waals surface area contributed by atoms with Gasteiger partial charge in [0.1, 0.15) is 0 Å². The van der Waals surface area contributed by atoms with Gasteiger partial charge in [0.05, 0.1) is 0 Å². The summed E-state index contributed by atoms with van der Waals surface area (Å²) < 4.78 is 5.62. The summed E-state index contributed by atoms with van der Waals surface area (Å²) in [7, 11) is 0. The number of benzene rings is 18. The molecule has 18 aromatic rings. The monoisotopic (exact) mass is 1920 g/mol. The van der Waals surface area contributed by atoms with Gasteiger partial charge in [-0.05, 0) is 255 Å². The first-order chi connectivity index (χ1) is 53.7. The molecule has 0 aliphatic carbocycles. The Morgan fingerprint density at radius 2 is 0.378 bits per heavy atom. The number of fused-ring (bicyclic) bond motifs is 4. The molecule has 542 valence electrons. The summed E-state index contributed by atoms with van der Waals surface area (Å²) in [6.07, 6.45) is 0. The number of hydrogen-bond donors (Lipinski definition) is 1. The predicted molar refractivity (Wildman–Crippen MR) is 492 cm³/mol. The Hall–Kier alpha value is -10.7. The Kier molecular flexibility index (Phi) is 28.6. The number of para-hydroxylation sites is 8. The van der Waals surface area contributed by atoms with Gasteiger partial charge in [0.25, 0.3) is 0 Å². The van der Waals surface area contributed by atoms with Crippen LogP contribution in [0.2, 0.25) is 0 Å². The molecule has 0 heterocycles. The number of halogens is 5. The predicted octanol–water partition coefficient (Wildman–Crippen LogP) is 33.0. The van der Waals surface area contributed by atoms with E-state index in [2.05, 4.69) is 433 Å². The van der Waals surface area contributed by atoms with Crippen LogP contribution < -0.4 is 20.0 Å². The van der Waals surface area contributed by atoms with Crippen LogP contribution in [-0.4, -0.2) is 0 Å². The fourth-order valence-electron chi connectivity index (χ4n) is 13.5. The molecule has 4 nitrogen and oxygen atoms in total. The number of nitrogens with one attached hydrogen (secondary N) is 1. The maximum absolute atomic E-state index is 3.70. The maximum atomic E-state index is 3.70. The largest absolute Gasteiger partial charge is 0.356 e. The average Bonchev–Trinajstić information content (AvgIpc) is 0.736. The molecule has 0 aliphatic heterocycles. The van der Waals surface area contributed by atoms with Crippen molar-refractivity contribution in [1.29, 1.82) is 0 Å². The molecule has 0 saturated heterocycles. The van der Waals surface area contributed by atoms with E-state index in [0.717, 1.165) is 76.0 Å². The van der Waals surface area contributed by atoms with Crippen molar-refractivity contribution in [3.05, 3.63) is 459 Å². The van der Waals surface area contributed by atoms with Crippen LogP contribution in [0.5, 0.6) is 0 Å². The van der Waals surface area contributed by atoms with E-state index in [1.807, 2.05) is 103 Å². The fourth-order valence-corrected chi connectivity index (χ4v) is 16.3. The van der Waals surface area contributed by atoms with Crippen molar-refractivity contribution in [3.63, 3.8) is 0 Å². The number of hydrogen-bond acceptors (Lipinski definition) is 4. The number of rotatable bonds is 13. The van der Waals surface area contributed by atoms with Crippen LogP contribution in [0, 0.1) is 0 Å². The first-order valence-corrected chi connectivity index (χ1v) is 39.8. The third-order valence-corrected chi connectivity index (χ3v) is 21.5. The molecule has 0 aliphatic rings. The zero-order valence-electron chi connectivity index (χ0n) is 59.7. The van der Waals surface area contributed by atoms with E-state index in [4.69, 9.17) is 0 Å². The minimum Gasteiger partial charge on any atom is -0.356 e. The van der Waals surface area contributed by atoms with Gasteiger partial charge < -0.3 is 20.0 Å². The quantitative estimate of drug-likeness (QED) is 0.116. The zero-order valence-corrected chi connectivity index (χ0v) is 70.6. The third-order valence-electron chi connectivity index (χ3n) is 18.3. The molecule has 18 rings (SSSR count). The van der Waals surface area contributed by atoms with Crippen LogP contribution in [0.15, 0.2) is 459 Å². The van der Waals surface area contributed by atoms with E-state index in [1.165, 1.54) is 74.3 Å². The standard InChI is InChI=1S/C50H36N2.C18H14BrN.C14H8Br2.C12H11N.C6H4Br2.CH4.W/c1-5-21-39(22-6-1)51(40-23-7-2-8-24-40)43-29-17-19-37(35-43)49-45-31-13-15-33-47(45)50(48-34-16-14-32-46(48)49)38-20-18-30-44(36-38)52(41-25-9-3-10-26-41)42-27-11-4-12-28-42;19-15-8-7-13-18(14-15)20(16-9-3-1-4-10-16)17-11-5-2-6-12-17;15-13-9-5-1-2-6-10(9)14(16)12-8-4-3-7-11(12)13;1-3-7-11(8-4-1)13-12-9-5-2-6-10-12;7-5-2-1-3-6(8)4-5;;/h1-36H;1-14H;1-8H;1-10,13H;1-4H;1H4;. The average molecular weight is 1930 g/mol. The Balaban J connectivity index is 0.000000157. The van der Waals surface area contributed by atoms with Crippen LogP contribution in [0.3, 0.4) is 0 Å². The minimum absolute atomic E-state index is 0. The maximum Gasteiger partial charge on any atom is 0.0472 e. The fraction of sp³-hybridized carbons (Fsp3) is 0.00990. The van der Waals surface area contributed by atoms with Gasteiger partial charge in [0.2, 0.25) is 0 Å². The van der Waals surface area contributed by atoms with Crippen LogP contribution in [-0.2, 0) is 21.1 Å². The van der Waals surface area contributed by atoms with Gasteiger partial charge in [-0.2, -0.15) is 0 Å². The van der Waals surface area contributed by atoms with Crippen LogP contribution in [0.25, 0.3) is 65.3 Å². The Bertz CT molecular complexity index is 5440. The molecule has 18 aromatic carbocycles. The molecule has 0 saturated carbocycles. The minimum atomic E-state index is 0. The molecule has 111 heavy (non-hydrogen) atoms. The van der Waals surface area contributed by atoms with Gasteiger partial charge in [-0.3, -0.25) is 0 Å². The molecule has 1 N–H and O–H groups in total. The Morgan fingerprint density at radius 1 is 0.180 bits per heavy atom. The molecule has 0 unspecified atom stereocenters. The summed E-state index contributed by atoms with van der Waals surface area (Å²) in [4.78, 5) is 6.91. The summed E-state index contributed by atoms with van der Waals surface area (Å²) >= 11 is 17.6. The van der Waals surface area contributed by atoms with Crippen molar-refractivity contribution >= 4 is 185 Å². The molecule has 0 aromatic heterocycles. The molecular weight excluding hydrogens is 1850 g/mol. The van der Waals surface area contributed by atoms with E-state index in [1.54, 1.807) is 0 Å². The summed E-state index contributed by atoms with van der Waals surface area (Å²) in [6.45, 7) is 0. The first-order valence-electron chi connectivity index (χ1n) is 35.8. The van der Waals surface area contributed by atoms with Gasteiger partial charge in [0, 0.05) is 106 Å². The van der Waals surface area contributed by atoms with Gasteiger partial charge in [0.15, 0.2) is 0 Å². The first kappa shape index (κ1) is 79.8. The molecule has 10 heteroatoms. The van der Waals surface area contributed by atoms with Gasteiger partial charge in [-0.15, -0.1) is 0 Å². The summed E-state index contributed by atoms with van der Waals surface area (Å²) in [5.74, 6) is 0. The normalized spacial score (nSPS) is 10.4. The topological polar surface area (TPSA) is 21.8 Å². The molecule has 0 fully saturated rings. The number of nitrogens with zero attached hydrogens (tertiary/aromatic N) is 3. The van der Waals surface area contributed by atoms with Crippen molar-refractivity contribution < 1.29 is 21.1 Å². The molecule has 0 radical (unpaired) electrons. The van der Waals surface area contributed by atoms with Crippen molar-refractivity contribution in [3.8, 4) is 22.3 Å². The molecule has 0 atom stereocenters. The second kappa shape index (κ2) is 39.8. The Morgan fingerprint density at radius 3 is 0.622 bits per heavy atom. The van der Waals surface area contributed by atoms with Crippen molar-refractivity contribution in [2.24, 2.45) is 0 Å². The van der Waals surface area contributed by atoms with E-state index >= 15 is 0 Å². The Labute approximate surface area is 708 Å². The summed E-state index contributed by atoms with van der Waals surface area (Å²) in [6, 6.07) is 152. The molecular formula is C101H77Br5N4W.